The van der Waals surface area contributed by atoms with Crippen LogP contribution in [0.2, 0.25) is 0 Å². The third-order valence-electron chi connectivity index (χ3n) is 4.09. The van der Waals surface area contributed by atoms with Crippen molar-refractivity contribution in [3.8, 4) is 0 Å². The smallest absolute Gasteiger partial charge is 0.251 e. The Morgan fingerprint density at radius 2 is 2.05 bits per heavy atom. The normalized spacial score (nSPS) is 16.6. The van der Waals surface area contributed by atoms with E-state index in [4.69, 9.17) is 0 Å². The summed E-state index contributed by atoms with van der Waals surface area (Å²) in [5.74, 6) is 0.717. The van der Waals surface area contributed by atoms with E-state index in [-0.39, 0.29) is 5.91 Å². The highest BCUT2D eigenvalue weighted by atomic mass is 16.1. The Kier molecular flexibility index (Phi) is 3.53. The lowest BCUT2D eigenvalue weighted by atomic mass is 9.89. The van der Waals surface area contributed by atoms with Gasteiger partial charge in [-0.25, -0.2) is 0 Å². The number of carbonyl (C=O) groups is 1. The predicted octanol–water partition coefficient (Wildman–Crippen LogP) is 3.48. The molecule has 1 fully saturated rings. The van der Waals surface area contributed by atoms with Crippen molar-refractivity contribution >= 4 is 16.8 Å². The molecule has 1 saturated carbocycles. The molecule has 0 atom stereocenters. The molecule has 1 aliphatic rings. The number of hydrogen-bond donors (Lipinski definition) is 2. The van der Waals surface area contributed by atoms with Crippen LogP contribution in [0.15, 0.2) is 30.5 Å². The molecule has 1 aromatic heterocycles. The molecule has 100 valence electrons. The molecule has 0 saturated heterocycles. The molecule has 19 heavy (non-hydrogen) atoms. The van der Waals surface area contributed by atoms with Gasteiger partial charge in [-0.15, -0.1) is 0 Å². The van der Waals surface area contributed by atoms with Crippen LogP contribution in [0.4, 0.5) is 0 Å². The average molecular weight is 256 g/mol. The topological polar surface area (TPSA) is 44.9 Å². The van der Waals surface area contributed by atoms with Gasteiger partial charge in [-0.05, 0) is 42.3 Å². The average Bonchev–Trinajstić information content (AvgIpc) is 2.93. The minimum absolute atomic E-state index is 0.0436. The standard InChI is InChI=1S/C16H20N2O/c19-16(18-11-12-4-2-1-3-5-12)14-7-6-13-8-9-17-15(13)10-14/h6-10,12,17H,1-5,11H2,(H,18,19). The molecule has 3 heteroatoms. The van der Waals surface area contributed by atoms with Gasteiger partial charge in [0.25, 0.3) is 5.91 Å². The first kappa shape index (κ1) is 12.3. The molecule has 2 aromatic rings. The first-order chi connectivity index (χ1) is 9.33. The highest BCUT2D eigenvalue weighted by Gasteiger charge is 2.15. The van der Waals surface area contributed by atoms with Gasteiger partial charge in [0, 0.05) is 23.8 Å². The monoisotopic (exact) mass is 256 g/mol. The number of aromatic nitrogens is 1. The third kappa shape index (κ3) is 2.80. The van der Waals surface area contributed by atoms with Crippen molar-refractivity contribution in [1.29, 1.82) is 0 Å². The maximum Gasteiger partial charge on any atom is 0.251 e. The molecule has 0 aliphatic heterocycles. The maximum atomic E-state index is 12.1. The second-order valence-corrected chi connectivity index (χ2v) is 5.49. The highest BCUT2D eigenvalue weighted by molar-refractivity contribution is 5.97. The SMILES string of the molecule is O=C(NCC1CCCCC1)c1ccc2cc[nH]c2c1. The van der Waals surface area contributed by atoms with Gasteiger partial charge in [0.1, 0.15) is 0 Å². The van der Waals surface area contributed by atoms with Crippen molar-refractivity contribution in [3.63, 3.8) is 0 Å². The number of rotatable bonds is 3. The molecule has 3 rings (SSSR count). The fourth-order valence-corrected chi connectivity index (χ4v) is 2.92. The number of fused-ring (bicyclic) bond motifs is 1. The van der Waals surface area contributed by atoms with Gasteiger partial charge < -0.3 is 10.3 Å². The fourth-order valence-electron chi connectivity index (χ4n) is 2.92. The molecular weight excluding hydrogens is 236 g/mol. The number of hydrogen-bond acceptors (Lipinski definition) is 1. The molecule has 0 spiro atoms. The molecule has 1 heterocycles. The molecule has 1 aliphatic carbocycles. The Balaban J connectivity index is 1.62. The van der Waals surface area contributed by atoms with Crippen LogP contribution in [0.25, 0.3) is 10.9 Å². The van der Waals surface area contributed by atoms with E-state index in [2.05, 4.69) is 10.3 Å². The van der Waals surface area contributed by atoms with Crippen LogP contribution in [-0.4, -0.2) is 17.4 Å². The van der Waals surface area contributed by atoms with E-state index >= 15 is 0 Å². The lowest BCUT2D eigenvalue weighted by molar-refractivity contribution is 0.0943. The zero-order valence-electron chi connectivity index (χ0n) is 11.1. The van der Waals surface area contributed by atoms with E-state index < -0.39 is 0 Å². The molecule has 3 nitrogen and oxygen atoms in total. The van der Waals surface area contributed by atoms with E-state index in [0.29, 0.717) is 5.92 Å². The summed E-state index contributed by atoms with van der Waals surface area (Å²) in [6.45, 7) is 0.821. The fraction of sp³-hybridized carbons (Fsp3) is 0.438. The highest BCUT2D eigenvalue weighted by Crippen LogP contribution is 2.23. The van der Waals surface area contributed by atoms with Gasteiger partial charge in [-0.1, -0.05) is 25.3 Å². The van der Waals surface area contributed by atoms with E-state index in [1.807, 2.05) is 30.5 Å². The van der Waals surface area contributed by atoms with Crippen LogP contribution in [0.3, 0.4) is 0 Å². The minimum atomic E-state index is 0.0436. The largest absolute Gasteiger partial charge is 0.361 e. The summed E-state index contributed by atoms with van der Waals surface area (Å²) in [6.07, 6.45) is 8.40. The van der Waals surface area contributed by atoms with Crippen LogP contribution in [0.1, 0.15) is 42.5 Å². The lowest BCUT2D eigenvalue weighted by Crippen LogP contribution is -2.30. The van der Waals surface area contributed by atoms with Crippen molar-refractivity contribution < 1.29 is 4.79 Å². The van der Waals surface area contributed by atoms with Crippen molar-refractivity contribution in [3.05, 3.63) is 36.0 Å². The number of carbonyl (C=O) groups excluding carboxylic acids is 1. The van der Waals surface area contributed by atoms with Gasteiger partial charge in [-0.2, -0.15) is 0 Å². The molecule has 0 radical (unpaired) electrons. The Bertz CT molecular complexity index is 567. The summed E-state index contributed by atoms with van der Waals surface area (Å²) >= 11 is 0. The lowest BCUT2D eigenvalue weighted by Gasteiger charge is -2.21. The van der Waals surface area contributed by atoms with Gasteiger partial charge in [0.15, 0.2) is 0 Å². The number of aromatic amines is 1. The van der Waals surface area contributed by atoms with E-state index in [0.717, 1.165) is 23.0 Å². The first-order valence-corrected chi connectivity index (χ1v) is 7.18. The summed E-state index contributed by atoms with van der Waals surface area (Å²) in [5.41, 5.74) is 1.76. The number of nitrogens with one attached hydrogen (secondary N) is 2. The molecule has 0 bridgehead atoms. The van der Waals surface area contributed by atoms with Gasteiger partial charge in [0.2, 0.25) is 0 Å². The van der Waals surface area contributed by atoms with E-state index in [1.54, 1.807) is 0 Å². The zero-order valence-corrected chi connectivity index (χ0v) is 11.1. The zero-order chi connectivity index (χ0) is 13.1. The van der Waals surface area contributed by atoms with Crippen molar-refractivity contribution in [2.45, 2.75) is 32.1 Å². The summed E-state index contributed by atoms with van der Waals surface area (Å²) < 4.78 is 0. The number of amides is 1. The van der Waals surface area contributed by atoms with Crippen LogP contribution < -0.4 is 5.32 Å². The molecule has 1 aromatic carbocycles. The summed E-state index contributed by atoms with van der Waals surface area (Å²) in [6, 6.07) is 7.82. The van der Waals surface area contributed by atoms with Crippen molar-refractivity contribution in [2.75, 3.05) is 6.54 Å². The van der Waals surface area contributed by atoms with Gasteiger partial charge in [-0.3, -0.25) is 4.79 Å². The van der Waals surface area contributed by atoms with Crippen molar-refractivity contribution in [2.24, 2.45) is 5.92 Å². The van der Waals surface area contributed by atoms with E-state index in [1.165, 1.54) is 32.1 Å². The minimum Gasteiger partial charge on any atom is -0.361 e. The second-order valence-electron chi connectivity index (χ2n) is 5.49. The van der Waals surface area contributed by atoms with E-state index in [9.17, 15) is 4.79 Å². The Hall–Kier alpha value is -1.77. The number of H-pyrrole nitrogens is 1. The summed E-state index contributed by atoms with van der Waals surface area (Å²) in [7, 11) is 0. The quantitative estimate of drug-likeness (QED) is 0.867. The Morgan fingerprint density at radius 3 is 2.89 bits per heavy atom. The Morgan fingerprint density at radius 1 is 1.21 bits per heavy atom. The Labute approximate surface area is 113 Å². The molecule has 2 N–H and O–H groups in total. The first-order valence-electron chi connectivity index (χ1n) is 7.18. The number of benzene rings is 1. The third-order valence-corrected chi connectivity index (χ3v) is 4.09. The predicted molar refractivity (Wildman–Crippen MR) is 77.2 cm³/mol. The summed E-state index contributed by atoms with van der Waals surface area (Å²) in [4.78, 5) is 15.3. The van der Waals surface area contributed by atoms with Crippen LogP contribution in [-0.2, 0) is 0 Å². The molecular formula is C16H20N2O. The van der Waals surface area contributed by atoms with Crippen molar-refractivity contribution in [1.82, 2.24) is 10.3 Å². The van der Waals surface area contributed by atoms with Crippen LogP contribution in [0.5, 0.6) is 0 Å². The van der Waals surface area contributed by atoms with Crippen LogP contribution >= 0.6 is 0 Å². The molecule has 0 unspecified atom stereocenters. The summed E-state index contributed by atoms with van der Waals surface area (Å²) in [5, 5.41) is 4.22. The maximum absolute atomic E-state index is 12.1. The molecule has 1 amide bonds. The van der Waals surface area contributed by atoms with Gasteiger partial charge >= 0.3 is 0 Å². The van der Waals surface area contributed by atoms with Crippen LogP contribution in [0, 0.1) is 5.92 Å². The van der Waals surface area contributed by atoms with Gasteiger partial charge in [0.05, 0.1) is 0 Å². The second kappa shape index (κ2) is 5.47.